The van der Waals surface area contributed by atoms with E-state index < -0.39 is 0 Å². The van der Waals surface area contributed by atoms with Crippen molar-refractivity contribution in [2.75, 3.05) is 0 Å². The molecular formula is C34H59N. The minimum atomic E-state index is 0.922. The van der Waals surface area contributed by atoms with Gasteiger partial charge in [-0.2, -0.15) is 0 Å². The molecule has 7 unspecified atom stereocenters. The van der Waals surface area contributed by atoms with Gasteiger partial charge in [0, 0.05) is 18.1 Å². The van der Waals surface area contributed by atoms with E-state index in [9.17, 15) is 0 Å². The van der Waals surface area contributed by atoms with Crippen LogP contribution in [0.1, 0.15) is 149 Å². The number of nitrogens with zero attached hydrogens (tertiary/aromatic N) is 1. The van der Waals surface area contributed by atoms with Crippen molar-refractivity contribution in [3.63, 3.8) is 0 Å². The van der Waals surface area contributed by atoms with Gasteiger partial charge >= 0.3 is 0 Å². The summed E-state index contributed by atoms with van der Waals surface area (Å²) in [7, 11) is 0. The Bertz CT molecular complexity index is 632. The van der Waals surface area contributed by atoms with Crippen molar-refractivity contribution in [2.24, 2.45) is 47.3 Å². The van der Waals surface area contributed by atoms with Crippen LogP contribution in [0.5, 0.6) is 0 Å². The van der Waals surface area contributed by atoms with Gasteiger partial charge in [-0.25, -0.2) is 0 Å². The second kappa shape index (κ2) is 11.4. The Kier molecular flexibility index (Phi) is 8.20. The van der Waals surface area contributed by atoms with Crippen LogP contribution in [0.15, 0.2) is 0 Å². The molecule has 35 heavy (non-hydrogen) atoms. The Morgan fingerprint density at radius 1 is 0.371 bits per heavy atom. The minimum absolute atomic E-state index is 0.922. The molecule has 0 heterocycles. The van der Waals surface area contributed by atoms with Gasteiger partial charge in [0.2, 0.25) is 0 Å². The van der Waals surface area contributed by atoms with Gasteiger partial charge in [-0.3, -0.25) is 4.90 Å². The van der Waals surface area contributed by atoms with E-state index in [2.05, 4.69) is 18.7 Å². The van der Waals surface area contributed by atoms with Crippen molar-refractivity contribution in [1.29, 1.82) is 0 Å². The molecule has 0 N–H and O–H groups in total. The lowest BCUT2D eigenvalue weighted by Gasteiger charge is -2.57. The maximum absolute atomic E-state index is 3.31. The number of fused-ring (bicyclic) bond motifs is 2. The van der Waals surface area contributed by atoms with Gasteiger partial charge in [-0.05, 0) is 137 Å². The first-order valence-corrected chi connectivity index (χ1v) is 17.0. The van der Waals surface area contributed by atoms with E-state index in [1.54, 1.807) is 83.5 Å². The van der Waals surface area contributed by atoms with Crippen molar-refractivity contribution in [3.05, 3.63) is 0 Å². The van der Waals surface area contributed by atoms with Gasteiger partial charge in [-0.15, -0.1) is 0 Å². The molecule has 6 aliphatic rings. The zero-order chi connectivity index (χ0) is 23.8. The zero-order valence-electron chi connectivity index (χ0n) is 23.6. The maximum atomic E-state index is 3.31. The van der Waals surface area contributed by atoms with E-state index in [4.69, 9.17) is 0 Å². The van der Waals surface area contributed by atoms with Crippen LogP contribution < -0.4 is 0 Å². The van der Waals surface area contributed by atoms with E-state index in [1.165, 1.54) is 51.4 Å². The Hall–Kier alpha value is -0.0400. The molecular weight excluding hydrogens is 422 g/mol. The number of hydrogen-bond acceptors (Lipinski definition) is 1. The largest absolute Gasteiger partial charge is 0.294 e. The third-order valence-corrected chi connectivity index (χ3v) is 13.1. The smallest absolute Gasteiger partial charge is 0.0132 e. The molecule has 0 aromatic rings. The van der Waals surface area contributed by atoms with Crippen molar-refractivity contribution in [3.8, 4) is 0 Å². The molecule has 200 valence electrons. The molecule has 0 bridgehead atoms. The van der Waals surface area contributed by atoms with Crippen molar-refractivity contribution in [1.82, 2.24) is 4.90 Å². The second-order valence-electron chi connectivity index (χ2n) is 15.0. The fourth-order valence-corrected chi connectivity index (χ4v) is 11.3. The first-order valence-electron chi connectivity index (χ1n) is 17.0. The normalized spacial score (nSPS) is 49.3. The molecule has 6 aliphatic carbocycles. The van der Waals surface area contributed by atoms with Crippen LogP contribution in [0.25, 0.3) is 0 Å². The maximum Gasteiger partial charge on any atom is 0.0132 e. The van der Waals surface area contributed by atoms with Crippen LogP contribution in [-0.4, -0.2) is 23.0 Å². The van der Waals surface area contributed by atoms with Gasteiger partial charge in [0.15, 0.2) is 0 Å². The van der Waals surface area contributed by atoms with Gasteiger partial charge in [0.1, 0.15) is 0 Å². The molecule has 7 atom stereocenters. The summed E-state index contributed by atoms with van der Waals surface area (Å²) in [5, 5.41) is 0. The molecule has 6 rings (SSSR count). The molecule has 0 aromatic carbocycles. The van der Waals surface area contributed by atoms with E-state index in [1.807, 2.05) is 0 Å². The fourth-order valence-electron chi connectivity index (χ4n) is 11.3. The summed E-state index contributed by atoms with van der Waals surface area (Å²) >= 11 is 0. The summed E-state index contributed by atoms with van der Waals surface area (Å²) in [6.07, 6.45) is 32.5. The predicted molar refractivity (Wildman–Crippen MR) is 149 cm³/mol. The third-order valence-electron chi connectivity index (χ3n) is 13.1. The first kappa shape index (κ1) is 25.2. The molecule has 0 aliphatic heterocycles. The summed E-state index contributed by atoms with van der Waals surface area (Å²) in [5.41, 5.74) is 0. The van der Waals surface area contributed by atoms with Crippen LogP contribution in [0.3, 0.4) is 0 Å². The molecule has 0 aromatic heterocycles. The lowest BCUT2D eigenvalue weighted by molar-refractivity contribution is -0.0792. The Balaban J connectivity index is 1.23. The van der Waals surface area contributed by atoms with Crippen molar-refractivity contribution < 1.29 is 0 Å². The summed E-state index contributed by atoms with van der Waals surface area (Å²) in [6, 6.07) is 2.79. The summed E-state index contributed by atoms with van der Waals surface area (Å²) in [5.74, 6) is 8.54. The van der Waals surface area contributed by atoms with E-state index in [-0.39, 0.29) is 0 Å². The van der Waals surface area contributed by atoms with Crippen LogP contribution in [0, 0.1) is 47.3 Å². The van der Waals surface area contributed by atoms with Gasteiger partial charge < -0.3 is 0 Å². The van der Waals surface area contributed by atoms with Gasteiger partial charge in [0.25, 0.3) is 0 Å². The number of hydrogen-bond donors (Lipinski definition) is 0. The molecule has 0 radical (unpaired) electrons. The summed E-state index contributed by atoms with van der Waals surface area (Å²) in [4.78, 5) is 3.31. The van der Waals surface area contributed by atoms with Crippen LogP contribution in [0.4, 0.5) is 0 Å². The highest BCUT2D eigenvalue weighted by Gasteiger charge is 2.50. The fraction of sp³-hybridized carbons (Fsp3) is 1.00. The summed E-state index contributed by atoms with van der Waals surface area (Å²) < 4.78 is 0. The average Bonchev–Trinajstić information content (AvgIpc) is 2.91. The third kappa shape index (κ3) is 5.29. The van der Waals surface area contributed by atoms with E-state index >= 15 is 0 Å². The standard InChI is InChI=1S/C34H59N/c1-24-14-18-27(19-15-24)35(28-20-16-25(2)17-21-28)34-23-22-32(31-11-5-6-12-33(31)34)30-13-7-9-26-8-3-4-10-29(26)30/h24-34H,3-23H2,1-2H3. The van der Waals surface area contributed by atoms with Crippen LogP contribution in [0.2, 0.25) is 0 Å². The lowest BCUT2D eigenvalue weighted by atomic mass is 9.53. The molecule has 6 fully saturated rings. The molecule has 0 amide bonds. The van der Waals surface area contributed by atoms with Gasteiger partial charge in [-0.1, -0.05) is 58.8 Å². The topological polar surface area (TPSA) is 3.24 Å². The molecule has 6 saturated carbocycles. The molecule has 1 heteroatoms. The van der Waals surface area contributed by atoms with Gasteiger partial charge in [0.05, 0.1) is 0 Å². The predicted octanol–water partition coefficient (Wildman–Crippen LogP) is 9.64. The Morgan fingerprint density at radius 3 is 1.49 bits per heavy atom. The molecule has 0 saturated heterocycles. The number of rotatable bonds is 4. The minimum Gasteiger partial charge on any atom is -0.294 e. The van der Waals surface area contributed by atoms with Crippen LogP contribution in [-0.2, 0) is 0 Å². The van der Waals surface area contributed by atoms with Crippen molar-refractivity contribution >= 4 is 0 Å². The monoisotopic (exact) mass is 481 g/mol. The Morgan fingerprint density at radius 2 is 0.829 bits per heavy atom. The highest BCUT2D eigenvalue weighted by atomic mass is 15.2. The average molecular weight is 482 g/mol. The lowest BCUT2D eigenvalue weighted by Crippen LogP contribution is -2.58. The SMILES string of the molecule is CC1CCC(N(C2CCC(C)CC2)C2CCC(C3CCCC4CCCCC43)C3CCCCC32)CC1. The summed E-state index contributed by atoms with van der Waals surface area (Å²) in [6.45, 7) is 5.04. The first-order chi connectivity index (χ1) is 17.2. The van der Waals surface area contributed by atoms with Crippen LogP contribution >= 0.6 is 0 Å². The highest BCUT2D eigenvalue weighted by molar-refractivity contribution is 5.02. The Labute approximate surface area is 219 Å². The van der Waals surface area contributed by atoms with E-state index in [0.717, 1.165) is 65.5 Å². The second-order valence-corrected chi connectivity index (χ2v) is 15.0. The molecule has 0 spiro atoms. The quantitative estimate of drug-likeness (QED) is 0.386. The molecule has 1 nitrogen and oxygen atoms in total. The highest BCUT2D eigenvalue weighted by Crippen LogP contribution is 2.56. The van der Waals surface area contributed by atoms with Crippen molar-refractivity contribution in [2.45, 2.75) is 167 Å². The van der Waals surface area contributed by atoms with E-state index in [0.29, 0.717) is 0 Å². The zero-order valence-corrected chi connectivity index (χ0v) is 23.6.